The van der Waals surface area contributed by atoms with E-state index >= 15 is 0 Å². The summed E-state index contributed by atoms with van der Waals surface area (Å²) in [4.78, 5) is 11.8. The molecule has 0 aromatic carbocycles. The lowest BCUT2D eigenvalue weighted by atomic mass is 10.1. The molecule has 1 saturated heterocycles. The van der Waals surface area contributed by atoms with Gasteiger partial charge in [-0.25, -0.2) is 0 Å². The maximum Gasteiger partial charge on any atom is 0.148 e. The van der Waals surface area contributed by atoms with Gasteiger partial charge in [0.2, 0.25) is 0 Å². The maximum absolute atomic E-state index is 11.8. The number of ketones is 1. The third-order valence-corrected chi connectivity index (χ3v) is 3.81. The Hall–Kier alpha value is -0.810. The molecule has 0 radical (unpaired) electrons. The van der Waals surface area contributed by atoms with Crippen LogP contribution in [0, 0.1) is 12.8 Å². The molecule has 0 bridgehead atoms. The molecule has 1 fully saturated rings. The zero-order valence-corrected chi connectivity index (χ0v) is 10.4. The van der Waals surface area contributed by atoms with E-state index in [1.807, 2.05) is 24.7 Å². The number of nitrogens with zero attached hydrogens (tertiary/aromatic N) is 2. The van der Waals surface area contributed by atoms with Crippen molar-refractivity contribution in [2.45, 2.75) is 18.4 Å². The van der Waals surface area contributed by atoms with Gasteiger partial charge in [-0.3, -0.25) is 9.48 Å². The van der Waals surface area contributed by atoms with Crippen LogP contribution in [0.25, 0.3) is 0 Å². The van der Waals surface area contributed by atoms with E-state index in [0.717, 1.165) is 23.7 Å². The minimum absolute atomic E-state index is 0.113. The zero-order valence-electron chi connectivity index (χ0n) is 9.60. The second-order valence-corrected chi connectivity index (χ2v) is 5.06. The Labute approximate surface area is 99.4 Å². The molecule has 88 valence electrons. The van der Waals surface area contributed by atoms with Crippen LogP contribution in [0.15, 0.2) is 11.1 Å². The highest BCUT2D eigenvalue weighted by Crippen LogP contribution is 2.22. The third kappa shape index (κ3) is 2.65. The molecular formula is C11H16N2O2S. The van der Waals surface area contributed by atoms with E-state index in [1.54, 1.807) is 11.8 Å². The van der Waals surface area contributed by atoms with Crippen LogP contribution in [0.5, 0.6) is 0 Å². The van der Waals surface area contributed by atoms with Crippen LogP contribution in [0.1, 0.15) is 12.1 Å². The van der Waals surface area contributed by atoms with Crippen LogP contribution in [0.4, 0.5) is 0 Å². The van der Waals surface area contributed by atoms with Crippen LogP contribution in [-0.4, -0.2) is 34.5 Å². The van der Waals surface area contributed by atoms with Crippen LogP contribution in [-0.2, 0) is 16.6 Å². The Bertz CT molecular complexity index is 383. The first-order valence-electron chi connectivity index (χ1n) is 5.40. The van der Waals surface area contributed by atoms with E-state index in [2.05, 4.69) is 5.10 Å². The van der Waals surface area contributed by atoms with Gasteiger partial charge in [-0.05, 0) is 19.4 Å². The first-order valence-corrected chi connectivity index (χ1v) is 6.39. The van der Waals surface area contributed by atoms with Crippen molar-refractivity contribution in [3.05, 3.63) is 11.8 Å². The third-order valence-electron chi connectivity index (χ3n) is 2.71. The predicted molar refractivity (Wildman–Crippen MR) is 62.6 cm³/mol. The van der Waals surface area contributed by atoms with Gasteiger partial charge in [0.05, 0.1) is 23.1 Å². The number of hydrogen-bond acceptors (Lipinski definition) is 4. The SMILES string of the molecule is Cc1cc(SCC(=O)C2CCOC2)n(C)n1. The normalized spacial score (nSPS) is 20.2. The molecule has 0 aliphatic carbocycles. The summed E-state index contributed by atoms with van der Waals surface area (Å²) in [5, 5.41) is 5.29. The first kappa shape index (κ1) is 11.7. The second-order valence-electron chi connectivity index (χ2n) is 4.06. The number of carbonyl (C=O) groups excluding carboxylic acids is 1. The fourth-order valence-electron chi connectivity index (χ4n) is 1.77. The number of aryl methyl sites for hydroxylation is 2. The molecule has 2 rings (SSSR count). The Morgan fingerprint density at radius 3 is 3.12 bits per heavy atom. The number of thioether (sulfide) groups is 1. The fourth-order valence-corrected chi connectivity index (χ4v) is 2.78. The van der Waals surface area contributed by atoms with Crippen LogP contribution in [0.2, 0.25) is 0 Å². The van der Waals surface area contributed by atoms with Crippen LogP contribution < -0.4 is 0 Å². The smallest absolute Gasteiger partial charge is 0.148 e. The molecule has 1 atom stereocenters. The van der Waals surface area contributed by atoms with Gasteiger partial charge >= 0.3 is 0 Å². The van der Waals surface area contributed by atoms with E-state index in [-0.39, 0.29) is 5.92 Å². The van der Waals surface area contributed by atoms with Crippen molar-refractivity contribution in [2.75, 3.05) is 19.0 Å². The minimum Gasteiger partial charge on any atom is -0.381 e. The minimum atomic E-state index is 0.113. The predicted octanol–water partition coefficient (Wildman–Crippen LogP) is 1.43. The summed E-state index contributed by atoms with van der Waals surface area (Å²) in [6.45, 7) is 3.28. The molecule has 1 aromatic rings. The molecule has 0 saturated carbocycles. The van der Waals surface area contributed by atoms with Gasteiger partial charge in [-0.15, -0.1) is 0 Å². The van der Waals surface area contributed by atoms with E-state index in [0.29, 0.717) is 18.1 Å². The van der Waals surface area contributed by atoms with Gasteiger partial charge in [0, 0.05) is 19.6 Å². The molecule has 0 spiro atoms. The molecule has 5 heteroatoms. The van der Waals surface area contributed by atoms with Gasteiger partial charge in [0.25, 0.3) is 0 Å². The molecular weight excluding hydrogens is 224 g/mol. The number of ether oxygens (including phenoxy) is 1. The summed E-state index contributed by atoms with van der Waals surface area (Å²) in [5.74, 6) is 0.927. The average Bonchev–Trinajstić information content (AvgIpc) is 2.84. The van der Waals surface area contributed by atoms with E-state index in [4.69, 9.17) is 4.74 Å². The number of rotatable bonds is 4. The molecule has 1 unspecified atom stereocenters. The van der Waals surface area contributed by atoms with Crippen molar-refractivity contribution in [3.8, 4) is 0 Å². The van der Waals surface area contributed by atoms with Gasteiger partial charge < -0.3 is 4.74 Å². The summed E-state index contributed by atoms with van der Waals surface area (Å²) in [7, 11) is 1.90. The van der Waals surface area contributed by atoms with Crippen molar-refractivity contribution in [1.82, 2.24) is 9.78 Å². The lowest BCUT2D eigenvalue weighted by Gasteiger charge is -2.05. The zero-order chi connectivity index (χ0) is 11.5. The van der Waals surface area contributed by atoms with Crippen molar-refractivity contribution in [1.29, 1.82) is 0 Å². The van der Waals surface area contributed by atoms with Gasteiger partial charge in [-0.2, -0.15) is 5.10 Å². The van der Waals surface area contributed by atoms with E-state index < -0.39 is 0 Å². The lowest BCUT2D eigenvalue weighted by molar-refractivity contribution is -0.120. The maximum atomic E-state index is 11.8. The number of hydrogen-bond donors (Lipinski definition) is 0. The van der Waals surface area contributed by atoms with E-state index in [9.17, 15) is 4.79 Å². The van der Waals surface area contributed by atoms with Gasteiger partial charge in [-0.1, -0.05) is 11.8 Å². The Balaban J connectivity index is 1.87. The van der Waals surface area contributed by atoms with E-state index in [1.165, 1.54) is 0 Å². The van der Waals surface area contributed by atoms with Crippen molar-refractivity contribution in [2.24, 2.45) is 13.0 Å². The monoisotopic (exact) mass is 240 g/mol. The van der Waals surface area contributed by atoms with Crippen molar-refractivity contribution in [3.63, 3.8) is 0 Å². The highest BCUT2D eigenvalue weighted by atomic mass is 32.2. The molecule has 1 aliphatic heterocycles. The Morgan fingerprint density at radius 1 is 1.75 bits per heavy atom. The number of Topliss-reactive ketones (excluding diaryl/α,β-unsaturated/α-hetero) is 1. The topological polar surface area (TPSA) is 44.1 Å². The molecule has 0 amide bonds. The fraction of sp³-hybridized carbons (Fsp3) is 0.636. The Morgan fingerprint density at radius 2 is 2.56 bits per heavy atom. The highest BCUT2D eigenvalue weighted by Gasteiger charge is 2.23. The molecule has 2 heterocycles. The summed E-state index contributed by atoms with van der Waals surface area (Å²) in [6, 6.07) is 2.00. The van der Waals surface area contributed by atoms with Gasteiger partial charge in [0.1, 0.15) is 5.78 Å². The number of aromatic nitrogens is 2. The molecule has 1 aromatic heterocycles. The van der Waals surface area contributed by atoms with Crippen molar-refractivity contribution < 1.29 is 9.53 Å². The van der Waals surface area contributed by atoms with Crippen molar-refractivity contribution >= 4 is 17.5 Å². The standard InChI is InChI=1S/C11H16N2O2S/c1-8-5-11(13(2)12-8)16-7-10(14)9-3-4-15-6-9/h5,9H,3-4,6-7H2,1-2H3. The average molecular weight is 240 g/mol. The summed E-state index contributed by atoms with van der Waals surface area (Å²) in [6.07, 6.45) is 0.879. The highest BCUT2D eigenvalue weighted by molar-refractivity contribution is 7.99. The quantitative estimate of drug-likeness (QED) is 0.747. The van der Waals surface area contributed by atoms with Crippen LogP contribution in [0.3, 0.4) is 0 Å². The van der Waals surface area contributed by atoms with Crippen LogP contribution >= 0.6 is 11.8 Å². The molecule has 1 aliphatic rings. The largest absolute Gasteiger partial charge is 0.381 e. The summed E-state index contributed by atoms with van der Waals surface area (Å²) < 4.78 is 7.03. The summed E-state index contributed by atoms with van der Waals surface area (Å²) in [5.41, 5.74) is 0.988. The first-order chi connectivity index (χ1) is 7.66. The lowest BCUT2D eigenvalue weighted by Crippen LogP contribution is -2.16. The molecule has 16 heavy (non-hydrogen) atoms. The molecule has 0 N–H and O–H groups in total. The second kappa shape index (κ2) is 5.01. The molecule has 4 nitrogen and oxygen atoms in total. The number of carbonyl (C=O) groups is 1. The Kier molecular flexibility index (Phi) is 3.66. The summed E-state index contributed by atoms with van der Waals surface area (Å²) >= 11 is 1.56. The van der Waals surface area contributed by atoms with Gasteiger partial charge in [0.15, 0.2) is 0 Å².